The van der Waals surface area contributed by atoms with Crippen molar-refractivity contribution >= 4 is 0 Å². The van der Waals surface area contributed by atoms with Crippen LogP contribution in [0.25, 0.3) is 0 Å². The van der Waals surface area contributed by atoms with E-state index in [9.17, 15) is 0 Å². The zero-order valence-corrected chi connectivity index (χ0v) is 11.8. The van der Waals surface area contributed by atoms with Crippen LogP contribution in [0.5, 0.6) is 0 Å². The van der Waals surface area contributed by atoms with Gasteiger partial charge in [0.05, 0.1) is 6.10 Å². The van der Waals surface area contributed by atoms with Crippen molar-refractivity contribution in [1.29, 1.82) is 0 Å². The first kappa shape index (κ1) is 13.3. The van der Waals surface area contributed by atoms with E-state index in [1.165, 1.54) is 19.4 Å². The minimum Gasteiger partial charge on any atom is -0.381 e. The number of methoxy groups -OCH3 is 1. The second kappa shape index (κ2) is 4.87. The van der Waals surface area contributed by atoms with Crippen LogP contribution in [0.4, 0.5) is 0 Å². The number of hydrogen-bond acceptors (Lipinski definition) is 3. The number of rotatable bonds is 4. The molecule has 0 amide bonds. The monoisotopic (exact) mass is 240 g/mol. The molecule has 0 bridgehead atoms. The molecule has 1 saturated carbocycles. The zero-order chi connectivity index (χ0) is 12.5. The molecule has 3 atom stereocenters. The maximum absolute atomic E-state index is 5.50. The van der Waals surface area contributed by atoms with Crippen molar-refractivity contribution in [2.24, 2.45) is 10.8 Å². The van der Waals surface area contributed by atoms with E-state index in [4.69, 9.17) is 4.74 Å². The molecule has 1 saturated heterocycles. The van der Waals surface area contributed by atoms with Gasteiger partial charge in [0.2, 0.25) is 0 Å². The molecule has 0 aromatic heterocycles. The molecule has 3 unspecified atom stereocenters. The van der Waals surface area contributed by atoms with Gasteiger partial charge in [-0.3, -0.25) is 0 Å². The van der Waals surface area contributed by atoms with Gasteiger partial charge in [0.1, 0.15) is 0 Å². The van der Waals surface area contributed by atoms with Gasteiger partial charge in [-0.1, -0.05) is 20.8 Å². The lowest BCUT2D eigenvalue weighted by Crippen LogP contribution is -2.62. The predicted molar refractivity (Wildman–Crippen MR) is 71.2 cm³/mol. The molecule has 3 nitrogen and oxygen atoms in total. The van der Waals surface area contributed by atoms with Crippen molar-refractivity contribution in [3.05, 3.63) is 0 Å². The Bertz CT molecular complexity index is 259. The largest absolute Gasteiger partial charge is 0.381 e. The molecular formula is C14H28N2O. The maximum atomic E-state index is 5.50. The summed E-state index contributed by atoms with van der Waals surface area (Å²) in [4.78, 5) is 0. The Morgan fingerprint density at radius 1 is 1.35 bits per heavy atom. The van der Waals surface area contributed by atoms with Gasteiger partial charge in [-0.15, -0.1) is 0 Å². The molecule has 1 aliphatic heterocycles. The minimum absolute atomic E-state index is 0.285. The molecule has 0 aromatic carbocycles. The average Bonchev–Trinajstić information content (AvgIpc) is 2.28. The molecule has 0 radical (unpaired) electrons. The Morgan fingerprint density at radius 2 is 2.12 bits per heavy atom. The molecule has 2 fully saturated rings. The zero-order valence-electron chi connectivity index (χ0n) is 11.8. The van der Waals surface area contributed by atoms with Crippen LogP contribution in [-0.4, -0.2) is 38.9 Å². The summed E-state index contributed by atoms with van der Waals surface area (Å²) in [5.41, 5.74) is 0.722. The minimum atomic E-state index is 0.285. The van der Waals surface area contributed by atoms with Gasteiger partial charge in [0.15, 0.2) is 0 Å². The van der Waals surface area contributed by atoms with E-state index in [2.05, 4.69) is 31.4 Å². The summed E-state index contributed by atoms with van der Waals surface area (Å²) in [6.07, 6.45) is 4.24. The molecule has 2 rings (SSSR count). The van der Waals surface area contributed by atoms with Crippen molar-refractivity contribution in [3.8, 4) is 0 Å². The van der Waals surface area contributed by atoms with E-state index < -0.39 is 0 Å². The van der Waals surface area contributed by atoms with Gasteiger partial charge in [-0.25, -0.2) is 0 Å². The Kier molecular flexibility index (Phi) is 3.81. The van der Waals surface area contributed by atoms with E-state index in [1.54, 1.807) is 0 Å². The van der Waals surface area contributed by atoms with Crippen molar-refractivity contribution in [1.82, 2.24) is 10.6 Å². The van der Waals surface area contributed by atoms with Crippen LogP contribution >= 0.6 is 0 Å². The lowest BCUT2D eigenvalue weighted by molar-refractivity contribution is -0.0995. The maximum Gasteiger partial charge on any atom is 0.0652 e. The summed E-state index contributed by atoms with van der Waals surface area (Å²) in [7, 11) is 1.83. The number of hydrogen-bond donors (Lipinski definition) is 2. The van der Waals surface area contributed by atoms with Crippen molar-refractivity contribution in [2.75, 3.05) is 26.7 Å². The van der Waals surface area contributed by atoms with Crippen LogP contribution < -0.4 is 10.6 Å². The first-order chi connectivity index (χ1) is 7.98. The topological polar surface area (TPSA) is 33.3 Å². The molecule has 0 spiro atoms. The summed E-state index contributed by atoms with van der Waals surface area (Å²) in [5.74, 6) is 0. The number of piperidine rings is 1. The molecule has 3 heteroatoms. The van der Waals surface area contributed by atoms with Gasteiger partial charge < -0.3 is 15.4 Å². The normalized spacial score (nSPS) is 40.9. The molecule has 1 heterocycles. The third-order valence-electron chi connectivity index (χ3n) is 4.92. The van der Waals surface area contributed by atoms with E-state index in [0.29, 0.717) is 17.6 Å². The lowest BCUT2D eigenvalue weighted by atomic mass is 9.64. The molecule has 1 aliphatic carbocycles. The van der Waals surface area contributed by atoms with Crippen LogP contribution in [-0.2, 0) is 4.74 Å². The highest BCUT2D eigenvalue weighted by Crippen LogP contribution is 2.42. The number of nitrogens with one attached hydrogen (secondary N) is 2. The quantitative estimate of drug-likeness (QED) is 0.786. The summed E-state index contributed by atoms with van der Waals surface area (Å²) in [5, 5.41) is 7.27. The Hall–Kier alpha value is -0.120. The van der Waals surface area contributed by atoms with Crippen molar-refractivity contribution < 1.29 is 4.74 Å². The van der Waals surface area contributed by atoms with Crippen LogP contribution in [0.1, 0.15) is 40.0 Å². The second-order valence-electron chi connectivity index (χ2n) is 6.81. The van der Waals surface area contributed by atoms with Gasteiger partial charge in [0.25, 0.3) is 0 Å². The number of ether oxygens (including phenoxy) is 1. The standard InChI is InChI=1S/C14H28N2O/c1-13(2)11(8-12(13)17-4)16-10-14(3)6-5-7-15-9-14/h11-12,15-16H,5-10H2,1-4H3. The van der Waals surface area contributed by atoms with E-state index in [-0.39, 0.29) is 5.41 Å². The fourth-order valence-electron chi connectivity index (χ4n) is 3.27. The Morgan fingerprint density at radius 3 is 2.65 bits per heavy atom. The first-order valence-electron chi connectivity index (χ1n) is 6.95. The van der Waals surface area contributed by atoms with Gasteiger partial charge in [0, 0.05) is 31.7 Å². The molecule has 100 valence electrons. The van der Waals surface area contributed by atoms with Crippen LogP contribution in [0.15, 0.2) is 0 Å². The summed E-state index contributed by atoms with van der Waals surface area (Å²) in [6, 6.07) is 0.617. The van der Waals surface area contributed by atoms with Crippen LogP contribution in [0.3, 0.4) is 0 Å². The van der Waals surface area contributed by atoms with E-state index in [1.807, 2.05) is 7.11 Å². The van der Waals surface area contributed by atoms with Gasteiger partial charge in [-0.2, -0.15) is 0 Å². The fraction of sp³-hybridized carbons (Fsp3) is 1.00. The third kappa shape index (κ3) is 2.67. The Balaban J connectivity index is 1.79. The fourth-order valence-corrected chi connectivity index (χ4v) is 3.27. The van der Waals surface area contributed by atoms with E-state index >= 15 is 0 Å². The van der Waals surface area contributed by atoms with Crippen molar-refractivity contribution in [3.63, 3.8) is 0 Å². The smallest absolute Gasteiger partial charge is 0.0652 e. The molecule has 17 heavy (non-hydrogen) atoms. The summed E-state index contributed by atoms with van der Waals surface area (Å²) < 4.78 is 5.50. The highest BCUT2D eigenvalue weighted by Gasteiger charge is 2.48. The van der Waals surface area contributed by atoms with Crippen LogP contribution in [0.2, 0.25) is 0 Å². The summed E-state index contributed by atoms with van der Waals surface area (Å²) in [6.45, 7) is 10.5. The Labute approximate surface area is 106 Å². The first-order valence-corrected chi connectivity index (χ1v) is 6.95. The SMILES string of the molecule is COC1CC(NCC2(C)CCCNC2)C1(C)C. The van der Waals surface area contributed by atoms with Gasteiger partial charge in [-0.05, 0) is 31.2 Å². The second-order valence-corrected chi connectivity index (χ2v) is 6.81. The molecule has 2 N–H and O–H groups in total. The highest BCUT2D eigenvalue weighted by atomic mass is 16.5. The predicted octanol–water partition coefficient (Wildman–Crippen LogP) is 1.78. The lowest BCUT2D eigenvalue weighted by Gasteiger charge is -2.52. The third-order valence-corrected chi connectivity index (χ3v) is 4.92. The molecular weight excluding hydrogens is 212 g/mol. The highest BCUT2D eigenvalue weighted by molar-refractivity contribution is 5.03. The van der Waals surface area contributed by atoms with E-state index in [0.717, 1.165) is 19.5 Å². The molecule has 0 aromatic rings. The van der Waals surface area contributed by atoms with Crippen molar-refractivity contribution in [2.45, 2.75) is 52.2 Å². The average molecular weight is 240 g/mol. The molecule has 2 aliphatic rings. The van der Waals surface area contributed by atoms with Crippen LogP contribution in [0, 0.1) is 10.8 Å². The van der Waals surface area contributed by atoms with Gasteiger partial charge >= 0.3 is 0 Å². The summed E-state index contributed by atoms with van der Waals surface area (Å²) >= 11 is 0.